The van der Waals surface area contributed by atoms with Gasteiger partial charge in [0.15, 0.2) is 0 Å². The molecule has 1 fully saturated rings. The largest absolute Gasteiger partial charge is 0.466 e. The Hall–Kier alpha value is -1.88. The number of likely N-dealkylation sites (tertiary alicyclic amines) is 1. The molecular weight excluding hydrogens is 304 g/mol. The second-order valence-corrected chi connectivity index (χ2v) is 6.35. The summed E-state index contributed by atoms with van der Waals surface area (Å²) in [4.78, 5) is 26.0. The van der Waals surface area contributed by atoms with Gasteiger partial charge in [-0.25, -0.2) is 0 Å². The number of esters is 1. The van der Waals surface area contributed by atoms with Crippen molar-refractivity contribution >= 4 is 11.9 Å². The number of amides is 1. The van der Waals surface area contributed by atoms with E-state index in [1.807, 2.05) is 24.0 Å². The molecule has 0 aliphatic carbocycles. The Morgan fingerprint density at radius 3 is 2.88 bits per heavy atom. The molecule has 0 aromatic heterocycles. The maximum Gasteiger partial charge on any atom is 0.310 e. The maximum absolute atomic E-state index is 12.1. The predicted molar refractivity (Wildman–Crippen MR) is 93.7 cm³/mol. The number of nitrogens with one attached hydrogen (secondary N) is 1. The van der Waals surface area contributed by atoms with Crippen LogP contribution < -0.4 is 5.32 Å². The minimum atomic E-state index is -0.137. The molecule has 0 saturated carbocycles. The maximum atomic E-state index is 12.1. The number of hydrogen-bond donors (Lipinski definition) is 1. The lowest BCUT2D eigenvalue weighted by molar-refractivity contribution is -0.150. The van der Waals surface area contributed by atoms with Crippen LogP contribution >= 0.6 is 0 Å². The number of carbonyl (C=O) groups excluding carboxylic acids is 2. The van der Waals surface area contributed by atoms with Gasteiger partial charge in [-0.2, -0.15) is 0 Å². The average molecular weight is 332 g/mol. The number of carbonyl (C=O) groups is 2. The summed E-state index contributed by atoms with van der Waals surface area (Å²) in [6.45, 7) is 6.78. The number of piperidine rings is 1. The quantitative estimate of drug-likeness (QED) is 0.775. The summed E-state index contributed by atoms with van der Waals surface area (Å²) in [6, 6.07) is 8.22. The SMILES string of the molecule is CCOC(=O)[C@@H]1CCCN(CC(=O)NCCc2ccccc2C)C1. The van der Waals surface area contributed by atoms with Gasteiger partial charge < -0.3 is 10.1 Å². The molecule has 5 heteroatoms. The highest BCUT2D eigenvalue weighted by atomic mass is 16.5. The Balaban J connectivity index is 1.72. The van der Waals surface area contributed by atoms with Gasteiger partial charge in [-0.3, -0.25) is 14.5 Å². The molecule has 1 heterocycles. The molecule has 1 N–H and O–H groups in total. The van der Waals surface area contributed by atoms with E-state index in [-0.39, 0.29) is 17.8 Å². The molecule has 1 aliphatic heterocycles. The molecule has 1 saturated heterocycles. The van der Waals surface area contributed by atoms with Crippen molar-refractivity contribution in [3.05, 3.63) is 35.4 Å². The van der Waals surface area contributed by atoms with Crippen molar-refractivity contribution in [2.75, 3.05) is 32.8 Å². The first-order valence-electron chi connectivity index (χ1n) is 8.80. The summed E-state index contributed by atoms with van der Waals surface area (Å²) in [6.07, 6.45) is 2.62. The zero-order valence-corrected chi connectivity index (χ0v) is 14.7. The van der Waals surface area contributed by atoms with Crippen LogP contribution in [0.2, 0.25) is 0 Å². The zero-order valence-electron chi connectivity index (χ0n) is 14.7. The van der Waals surface area contributed by atoms with Crippen LogP contribution in [0.15, 0.2) is 24.3 Å². The van der Waals surface area contributed by atoms with Gasteiger partial charge in [-0.15, -0.1) is 0 Å². The molecule has 1 amide bonds. The van der Waals surface area contributed by atoms with Crippen LogP contribution in [-0.2, 0) is 20.7 Å². The lowest BCUT2D eigenvalue weighted by Crippen LogP contribution is -2.44. The Morgan fingerprint density at radius 2 is 2.12 bits per heavy atom. The summed E-state index contributed by atoms with van der Waals surface area (Å²) in [5.41, 5.74) is 2.51. The summed E-state index contributed by atoms with van der Waals surface area (Å²) >= 11 is 0. The minimum Gasteiger partial charge on any atom is -0.466 e. The molecule has 0 radical (unpaired) electrons. The fourth-order valence-corrected chi connectivity index (χ4v) is 3.14. The summed E-state index contributed by atoms with van der Waals surface area (Å²) in [5.74, 6) is -0.214. The molecule has 1 atom stereocenters. The van der Waals surface area contributed by atoms with Gasteiger partial charge in [0.1, 0.15) is 0 Å². The second kappa shape index (κ2) is 9.42. The molecule has 5 nitrogen and oxygen atoms in total. The van der Waals surface area contributed by atoms with E-state index >= 15 is 0 Å². The monoisotopic (exact) mass is 332 g/mol. The van der Waals surface area contributed by atoms with E-state index in [2.05, 4.69) is 24.4 Å². The van der Waals surface area contributed by atoms with Crippen LogP contribution in [0, 0.1) is 12.8 Å². The van der Waals surface area contributed by atoms with Crippen molar-refractivity contribution in [2.24, 2.45) is 5.92 Å². The van der Waals surface area contributed by atoms with E-state index in [1.165, 1.54) is 11.1 Å². The highest BCUT2D eigenvalue weighted by molar-refractivity contribution is 5.78. The topological polar surface area (TPSA) is 58.6 Å². The summed E-state index contributed by atoms with van der Waals surface area (Å²) in [7, 11) is 0. The van der Waals surface area contributed by atoms with Gasteiger partial charge in [0.05, 0.1) is 19.1 Å². The van der Waals surface area contributed by atoms with E-state index in [4.69, 9.17) is 4.74 Å². The van der Waals surface area contributed by atoms with Crippen LogP contribution in [0.3, 0.4) is 0 Å². The van der Waals surface area contributed by atoms with E-state index in [0.29, 0.717) is 26.2 Å². The number of nitrogens with zero attached hydrogens (tertiary/aromatic N) is 1. The third-order valence-electron chi connectivity index (χ3n) is 4.47. The van der Waals surface area contributed by atoms with Crippen molar-refractivity contribution < 1.29 is 14.3 Å². The predicted octanol–water partition coefficient (Wildman–Crippen LogP) is 1.93. The Bertz CT molecular complexity index is 559. The molecule has 1 aromatic rings. The smallest absolute Gasteiger partial charge is 0.310 e. The Kier molecular flexibility index (Phi) is 7.25. The number of aryl methyl sites for hydroxylation is 1. The molecule has 1 aromatic carbocycles. The number of benzene rings is 1. The third kappa shape index (κ3) is 5.64. The van der Waals surface area contributed by atoms with Crippen molar-refractivity contribution in [2.45, 2.75) is 33.1 Å². The summed E-state index contributed by atoms with van der Waals surface area (Å²) < 4.78 is 5.09. The van der Waals surface area contributed by atoms with Crippen molar-refractivity contribution in [1.29, 1.82) is 0 Å². The molecule has 0 unspecified atom stereocenters. The third-order valence-corrected chi connectivity index (χ3v) is 4.47. The summed E-state index contributed by atoms with van der Waals surface area (Å²) in [5, 5.41) is 2.98. The molecule has 0 bridgehead atoms. The average Bonchev–Trinajstić information content (AvgIpc) is 2.57. The van der Waals surface area contributed by atoms with Gasteiger partial charge in [0, 0.05) is 13.1 Å². The number of rotatable bonds is 7. The standard InChI is InChI=1S/C19H28N2O3/c1-3-24-19(23)17-9-6-12-21(13-17)14-18(22)20-11-10-16-8-5-4-7-15(16)2/h4-5,7-8,17H,3,6,9-14H2,1-2H3,(H,20,22)/t17-/m1/s1. The molecule has 132 valence electrons. The fraction of sp³-hybridized carbons (Fsp3) is 0.579. The van der Waals surface area contributed by atoms with Crippen molar-refractivity contribution in [3.8, 4) is 0 Å². The highest BCUT2D eigenvalue weighted by Crippen LogP contribution is 2.17. The Morgan fingerprint density at radius 1 is 1.33 bits per heavy atom. The van der Waals surface area contributed by atoms with Gasteiger partial charge in [0.25, 0.3) is 0 Å². The first-order valence-corrected chi connectivity index (χ1v) is 8.80. The van der Waals surface area contributed by atoms with Gasteiger partial charge in [0.2, 0.25) is 5.91 Å². The number of ether oxygens (including phenoxy) is 1. The van der Waals surface area contributed by atoms with Crippen LogP contribution in [0.4, 0.5) is 0 Å². The minimum absolute atomic E-state index is 0.0214. The van der Waals surface area contributed by atoms with Crippen LogP contribution in [0.25, 0.3) is 0 Å². The first-order chi connectivity index (χ1) is 11.6. The van der Waals surface area contributed by atoms with E-state index < -0.39 is 0 Å². The lowest BCUT2D eigenvalue weighted by Gasteiger charge is -2.30. The van der Waals surface area contributed by atoms with Crippen LogP contribution in [-0.4, -0.2) is 49.6 Å². The molecule has 1 aliphatic rings. The van der Waals surface area contributed by atoms with Crippen molar-refractivity contribution in [3.63, 3.8) is 0 Å². The van der Waals surface area contributed by atoms with Gasteiger partial charge >= 0.3 is 5.97 Å². The molecule has 24 heavy (non-hydrogen) atoms. The fourth-order valence-electron chi connectivity index (χ4n) is 3.14. The first kappa shape index (κ1) is 18.5. The molecule has 0 spiro atoms. The molecule has 2 rings (SSSR count). The second-order valence-electron chi connectivity index (χ2n) is 6.35. The van der Waals surface area contributed by atoms with Gasteiger partial charge in [-0.1, -0.05) is 24.3 Å². The zero-order chi connectivity index (χ0) is 17.4. The highest BCUT2D eigenvalue weighted by Gasteiger charge is 2.27. The normalized spacial score (nSPS) is 18.2. The number of hydrogen-bond acceptors (Lipinski definition) is 4. The molecular formula is C19H28N2O3. The van der Waals surface area contributed by atoms with E-state index in [1.54, 1.807) is 0 Å². The van der Waals surface area contributed by atoms with Crippen molar-refractivity contribution in [1.82, 2.24) is 10.2 Å². The van der Waals surface area contributed by atoms with Crippen LogP contribution in [0.1, 0.15) is 30.9 Å². The lowest BCUT2D eigenvalue weighted by atomic mass is 9.98. The van der Waals surface area contributed by atoms with Crippen LogP contribution in [0.5, 0.6) is 0 Å². The van der Waals surface area contributed by atoms with E-state index in [9.17, 15) is 9.59 Å². The Labute approximate surface area is 144 Å². The van der Waals surface area contributed by atoms with Gasteiger partial charge in [-0.05, 0) is 50.8 Å². The van der Waals surface area contributed by atoms with E-state index in [0.717, 1.165) is 25.8 Å².